The van der Waals surface area contributed by atoms with Gasteiger partial charge in [-0.2, -0.15) is 0 Å². The van der Waals surface area contributed by atoms with Gasteiger partial charge >= 0.3 is 0 Å². The summed E-state index contributed by atoms with van der Waals surface area (Å²) in [6.07, 6.45) is 7.23. The van der Waals surface area contributed by atoms with E-state index in [9.17, 15) is 12.8 Å². The van der Waals surface area contributed by atoms with E-state index >= 15 is 0 Å². The second-order valence-electron chi connectivity index (χ2n) is 7.03. The first-order valence-electron chi connectivity index (χ1n) is 9.58. The van der Waals surface area contributed by atoms with E-state index in [2.05, 4.69) is 15.0 Å². The van der Waals surface area contributed by atoms with Crippen molar-refractivity contribution < 1.29 is 12.8 Å². The lowest BCUT2D eigenvalue weighted by atomic mass is 10.0. The highest BCUT2D eigenvalue weighted by molar-refractivity contribution is 7.99. The number of thioether (sulfide) groups is 1. The fraction of sp³-hybridized carbons (Fsp3) is 0.130. The number of benzene rings is 2. The molecule has 0 unspecified atom stereocenters. The van der Waals surface area contributed by atoms with Crippen LogP contribution in [0.3, 0.4) is 0 Å². The maximum atomic E-state index is 13.3. The number of halogens is 1. The van der Waals surface area contributed by atoms with E-state index in [-0.39, 0.29) is 5.82 Å². The Morgan fingerprint density at radius 1 is 1.00 bits per heavy atom. The van der Waals surface area contributed by atoms with E-state index in [1.54, 1.807) is 54.6 Å². The standard InChI is InChI=1S/C23H20FN3O2S2/c1-31(28,29)19-8-2-16(3-9-19)10-13-30-22-14-20(23-25-11-12-26-23)21(15-27-22)17-4-6-18(24)7-5-17/h2-9,11-12,14-15H,10,13H2,1H3,(H,25,26). The quantitative estimate of drug-likeness (QED) is 0.398. The summed E-state index contributed by atoms with van der Waals surface area (Å²) in [6, 6.07) is 15.3. The number of hydrogen-bond donors (Lipinski definition) is 1. The summed E-state index contributed by atoms with van der Waals surface area (Å²) in [6.45, 7) is 0. The van der Waals surface area contributed by atoms with Gasteiger partial charge in [-0.05, 0) is 47.9 Å². The molecular formula is C23H20FN3O2S2. The van der Waals surface area contributed by atoms with Crippen molar-refractivity contribution >= 4 is 21.6 Å². The molecule has 31 heavy (non-hydrogen) atoms. The van der Waals surface area contributed by atoms with Gasteiger partial charge in [0.2, 0.25) is 0 Å². The van der Waals surface area contributed by atoms with Crippen molar-refractivity contribution in [1.29, 1.82) is 0 Å². The smallest absolute Gasteiger partial charge is 0.175 e. The van der Waals surface area contributed by atoms with E-state index in [0.717, 1.165) is 45.3 Å². The third-order valence-electron chi connectivity index (χ3n) is 4.78. The van der Waals surface area contributed by atoms with Crippen molar-refractivity contribution in [1.82, 2.24) is 15.0 Å². The lowest BCUT2D eigenvalue weighted by molar-refractivity contribution is 0.602. The minimum absolute atomic E-state index is 0.284. The highest BCUT2D eigenvalue weighted by atomic mass is 32.2. The van der Waals surface area contributed by atoms with Gasteiger partial charge in [0.15, 0.2) is 9.84 Å². The monoisotopic (exact) mass is 453 g/mol. The molecule has 4 aromatic rings. The molecule has 0 aliphatic carbocycles. The SMILES string of the molecule is CS(=O)(=O)c1ccc(CCSc2cc(-c3ncc[nH]3)c(-c3ccc(F)cc3)cn2)cc1. The molecule has 0 amide bonds. The molecule has 1 N–H and O–H groups in total. The Morgan fingerprint density at radius 2 is 1.74 bits per heavy atom. The van der Waals surface area contributed by atoms with E-state index in [4.69, 9.17) is 0 Å². The zero-order valence-electron chi connectivity index (χ0n) is 16.7. The number of hydrogen-bond acceptors (Lipinski definition) is 5. The topological polar surface area (TPSA) is 75.7 Å². The Morgan fingerprint density at radius 3 is 2.39 bits per heavy atom. The summed E-state index contributed by atoms with van der Waals surface area (Å²) in [5, 5.41) is 0.852. The molecule has 0 radical (unpaired) electrons. The van der Waals surface area contributed by atoms with Crippen LogP contribution in [0.25, 0.3) is 22.5 Å². The summed E-state index contributed by atoms with van der Waals surface area (Å²) >= 11 is 1.61. The minimum Gasteiger partial charge on any atom is -0.345 e. The summed E-state index contributed by atoms with van der Waals surface area (Å²) < 4.78 is 36.5. The van der Waals surface area contributed by atoms with Crippen LogP contribution in [0, 0.1) is 5.82 Å². The number of imidazole rings is 1. The normalized spacial score (nSPS) is 11.5. The molecule has 0 spiro atoms. The molecule has 8 heteroatoms. The second kappa shape index (κ2) is 9.03. The number of nitrogens with one attached hydrogen (secondary N) is 1. The van der Waals surface area contributed by atoms with Crippen molar-refractivity contribution in [2.75, 3.05) is 12.0 Å². The summed E-state index contributed by atoms with van der Waals surface area (Å²) in [5.41, 5.74) is 3.69. The molecule has 158 valence electrons. The van der Waals surface area contributed by atoms with Gasteiger partial charge in [0, 0.05) is 41.7 Å². The first-order chi connectivity index (χ1) is 14.9. The first kappa shape index (κ1) is 21.3. The number of aromatic nitrogens is 3. The number of sulfone groups is 1. The Balaban J connectivity index is 1.51. The first-order valence-corrected chi connectivity index (χ1v) is 12.5. The van der Waals surface area contributed by atoms with Crippen LogP contribution in [0.4, 0.5) is 4.39 Å². The van der Waals surface area contributed by atoms with Gasteiger partial charge in [0.1, 0.15) is 11.6 Å². The number of rotatable bonds is 7. The van der Waals surface area contributed by atoms with Crippen molar-refractivity contribution in [3.05, 3.63) is 84.6 Å². The van der Waals surface area contributed by atoms with Crippen LogP contribution in [0.5, 0.6) is 0 Å². The molecule has 4 rings (SSSR count). The van der Waals surface area contributed by atoms with E-state index < -0.39 is 9.84 Å². The van der Waals surface area contributed by atoms with E-state index in [1.807, 2.05) is 18.2 Å². The lowest BCUT2D eigenvalue weighted by Gasteiger charge is -2.10. The Bertz CT molecular complexity index is 1270. The van der Waals surface area contributed by atoms with E-state index in [1.165, 1.54) is 18.4 Å². The molecule has 0 aliphatic heterocycles. The zero-order valence-corrected chi connectivity index (χ0v) is 18.4. The largest absolute Gasteiger partial charge is 0.345 e. The molecule has 2 aromatic heterocycles. The van der Waals surface area contributed by atoms with Crippen LogP contribution in [0.1, 0.15) is 5.56 Å². The van der Waals surface area contributed by atoms with Crippen molar-refractivity contribution in [3.8, 4) is 22.5 Å². The third kappa shape index (κ3) is 5.21. The van der Waals surface area contributed by atoms with Crippen LogP contribution in [0.2, 0.25) is 0 Å². The molecule has 0 saturated heterocycles. The van der Waals surface area contributed by atoms with Gasteiger partial charge in [-0.15, -0.1) is 11.8 Å². The van der Waals surface area contributed by atoms with Crippen LogP contribution in [-0.4, -0.2) is 35.4 Å². The minimum atomic E-state index is -3.18. The Hall–Kier alpha value is -2.97. The number of pyridine rings is 1. The summed E-state index contributed by atoms with van der Waals surface area (Å²) in [4.78, 5) is 12.4. The fourth-order valence-corrected chi connectivity index (χ4v) is 4.67. The lowest BCUT2D eigenvalue weighted by Crippen LogP contribution is -1.97. The maximum absolute atomic E-state index is 13.3. The molecule has 0 saturated carbocycles. The van der Waals surface area contributed by atoms with Crippen LogP contribution in [0.15, 0.2) is 83.1 Å². The predicted octanol–water partition coefficient (Wildman–Crippen LogP) is 5.02. The highest BCUT2D eigenvalue weighted by Crippen LogP contribution is 2.32. The third-order valence-corrected chi connectivity index (χ3v) is 6.84. The van der Waals surface area contributed by atoms with Gasteiger partial charge in [0.25, 0.3) is 0 Å². The number of aryl methyl sites for hydroxylation is 1. The molecule has 0 atom stereocenters. The Labute approximate surface area is 184 Å². The number of nitrogens with zero attached hydrogens (tertiary/aromatic N) is 2. The zero-order chi connectivity index (χ0) is 21.8. The van der Waals surface area contributed by atoms with Gasteiger partial charge in [-0.25, -0.2) is 22.8 Å². The van der Waals surface area contributed by atoms with Gasteiger partial charge in [-0.3, -0.25) is 0 Å². The van der Waals surface area contributed by atoms with Crippen LogP contribution >= 0.6 is 11.8 Å². The molecule has 5 nitrogen and oxygen atoms in total. The van der Waals surface area contributed by atoms with Gasteiger partial charge in [-0.1, -0.05) is 24.3 Å². The molecule has 2 aromatic carbocycles. The van der Waals surface area contributed by atoms with Gasteiger partial charge < -0.3 is 4.98 Å². The van der Waals surface area contributed by atoms with E-state index in [0.29, 0.717) is 4.90 Å². The number of H-pyrrole nitrogens is 1. The van der Waals surface area contributed by atoms with Crippen LogP contribution < -0.4 is 0 Å². The summed E-state index contributed by atoms with van der Waals surface area (Å²) in [7, 11) is -3.18. The molecule has 2 heterocycles. The molecule has 0 bridgehead atoms. The second-order valence-corrected chi connectivity index (χ2v) is 10.2. The fourth-order valence-electron chi connectivity index (χ4n) is 3.16. The van der Waals surface area contributed by atoms with Crippen molar-refractivity contribution in [2.45, 2.75) is 16.3 Å². The Kier molecular flexibility index (Phi) is 6.20. The average Bonchev–Trinajstić information content (AvgIpc) is 3.29. The predicted molar refractivity (Wildman–Crippen MR) is 121 cm³/mol. The van der Waals surface area contributed by atoms with Crippen LogP contribution in [-0.2, 0) is 16.3 Å². The van der Waals surface area contributed by atoms with Crippen molar-refractivity contribution in [2.24, 2.45) is 0 Å². The number of aromatic amines is 1. The summed E-state index contributed by atoms with van der Waals surface area (Å²) in [5.74, 6) is 1.23. The average molecular weight is 454 g/mol. The van der Waals surface area contributed by atoms with Crippen molar-refractivity contribution in [3.63, 3.8) is 0 Å². The molecule has 0 aliphatic rings. The molecule has 0 fully saturated rings. The van der Waals surface area contributed by atoms with Gasteiger partial charge in [0.05, 0.1) is 9.92 Å². The molecular weight excluding hydrogens is 433 g/mol. The highest BCUT2D eigenvalue weighted by Gasteiger charge is 2.12. The maximum Gasteiger partial charge on any atom is 0.175 e.